The number of carboxylic acids is 1. The van der Waals surface area contributed by atoms with Gasteiger partial charge in [0.05, 0.1) is 0 Å². The molecule has 1 aromatic carbocycles. The Morgan fingerprint density at radius 1 is 1.40 bits per heavy atom. The lowest BCUT2D eigenvalue weighted by molar-refractivity contribution is -0.139. The number of aliphatic hydroxyl groups is 1. The third kappa shape index (κ3) is 3.27. The molecule has 108 valence electrons. The summed E-state index contributed by atoms with van der Waals surface area (Å²) in [5.41, 5.74) is 2.53. The highest BCUT2D eigenvalue weighted by Crippen LogP contribution is 2.22. The number of anilines is 1. The first kappa shape index (κ1) is 14.3. The molecule has 0 saturated heterocycles. The first-order valence-corrected chi connectivity index (χ1v) is 6.63. The third-order valence-electron chi connectivity index (χ3n) is 3.33. The monoisotopic (exact) mass is 278 g/mol. The van der Waals surface area contributed by atoms with Crippen molar-refractivity contribution in [2.24, 2.45) is 0 Å². The number of nitrogens with one attached hydrogen (secondary N) is 2. The maximum atomic E-state index is 12.0. The van der Waals surface area contributed by atoms with Crippen molar-refractivity contribution in [1.82, 2.24) is 5.32 Å². The highest BCUT2D eigenvalue weighted by atomic mass is 16.4. The number of aliphatic hydroxyl groups excluding tert-OH is 1. The zero-order valence-electron chi connectivity index (χ0n) is 11.1. The molecule has 6 nitrogen and oxygen atoms in total. The van der Waals surface area contributed by atoms with E-state index in [4.69, 9.17) is 10.2 Å². The molecule has 0 aromatic heterocycles. The molecule has 1 heterocycles. The van der Waals surface area contributed by atoms with E-state index in [0.717, 1.165) is 30.6 Å². The number of carbonyl (C=O) groups is 2. The van der Waals surface area contributed by atoms with Crippen molar-refractivity contribution >= 4 is 17.6 Å². The van der Waals surface area contributed by atoms with Gasteiger partial charge in [0.1, 0.15) is 6.04 Å². The first-order chi connectivity index (χ1) is 9.61. The number of fused-ring (bicyclic) bond motifs is 1. The summed E-state index contributed by atoms with van der Waals surface area (Å²) in [6.07, 6.45) is 1.91. The minimum atomic E-state index is -1.15. The van der Waals surface area contributed by atoms with Crippen molar-refractivity contribution in [2.45, 2.75) is 25.3 Å². The van der Waals surface area contributed by atoms with Gasteiger partial charge in [-0.1, -0.05) is 0 Å². The van der Waals surface area contributed by atoms with Gasteiger partial charge in [0.2, 0.25) is 0 Å². The van der Waals surface area contributed by atoms with Crippen LogP contribution in [-0.2, 0) is 11.2 Å². The normalized spacial score (nSPS) is 14.8. The molecule has 0 radical (unpaired) electrons. The summed E-state index contributed by atoms with van der Waals surface area (Å²) in [6, 6.07) is 4.23. The van der Waals surface area contributed by atoms with Crippen LogP contribution in [0.25, 0.3) is 0 Å². The summed E-state index contributed by atoms with van der Waals surface area (Å²) in [5, 5.41) is 23.4. The van der Waals surface area contributed by atoms with Crippen LogP contribution < -0.4 is 10.6 Å². The fourth-order valence-corrected chi connectivity index (χ4v) is 2.24. The van der Waals surface area contributed by atoms with E-state index in [-0.39, 0.29) is 13.0 Å². The minimum Gasteiger partial charge on any atom is -0.480 e. The molecule has 0 aliphatic carbocycles. The second-order valence-corrected chi connectivity index (χ2v) is 4.78. The van der Waals surface area contributed by atoms with E-state index < -0.39 is 17.9 Å². The first-order valence-electron chi connectivity index (χ1n) is 6.63. The summed E-state index contributed by atoms with van der Waals surface area (Å²) in [7, 11) is 0. The van der Waals surface area contributed by atoms with E-state index in [1.54, 1.807) is 12.1 Å². The van der Waals surface area contributed by atoms with Crippen LogP contribution in [-0.4, -0.2) is 41.3 Å². The van der Waals surface area contributed by atoms with E-state index in [1.807, 2.05) is 6.07 Å². The van der Waals surface area contributed by atoms with E-state index in [1.165, 1.54) is 0 Å². The molecule has 0 saturated carbocycles. The Morgan fingerprint density at radius 2 is 2.20 bits per heavy atom. The topological polar surface area (TPSA) is 98.7 Å². The second kappa shape index (κ2) is 6.38. The smallest absolute Gasteiger partial charge is 0.326 e. The molecule has 0 fully saturated rings. The van der Waals surface area contributed by atoms with Crippen LogP contribution in [0.5, 0.6) is 0 Å². The molecule has 20 heavy (non-hydrogen) atoms. The van der Waals surface area contributed by atoms with Crippen molar-refractivity contribution in [1.29, 1.82) is 0 Å². The molecule has 1 aromatic rings. The lowest BCUT2D eigenvalue weighted by Crippen LogP contribution is -2.41. The van der Waals surface area contributed by atoms with Crippen molar-refractivity contribution in [3.05, 3.63) is 29.3 Å². The summed E-state index contributed by atoms with van der Waals surface area (Å²) in [4.78, 5) is 23.0. The third-order valence-corrected chi connectivity index (χ3v) is 3.33. The van der Waals surface area contributed by atoms with Gasteiger partial charge in [-0.15, -0.1) is 0 Å². The Bertz CT molecular complexity index is 516. The Hall–Kier alpha value is -2.08. The standard InChI is InChI=1S/C14H18N2O4/c17-7-5-12(14(19)20)16-13(18)10-3-4-11-9(8-10)2-1-6-15-11/h3-4,8,12,15,17H,1-2,5-7H2,(H,16,18)(H,19,20)/t12-/m1/s1. The van der Waals surface area contributed by atoms with Crippen LogP contribution in [0.1, 0.15) is 28.8 Å². The van der Waals surface area contributed by atoms with Crippen LogP contribution in [0.4, 0.5) is 5.69 Å². The molecule has 0 bridgehead atoms. The quantitative estimate of drug-likeness (QED) is 0.632. The summed E-state index contributed by atoms with van der Waals surface area (Å²) < 4.78 is 0. The Morgan fingerprint density at radius 3 is 2.90 bits per heavy atom. The second-order valence-electron chi connectivity index (χ2n) is 4.78. The molecule has 6 heteroatoms. The van der Waals surface area contributed by atoms with Gasteiger partial charge in [-0.05, 0) is 36.6 Å². The number of hydrogen-bond acceptors (Lipinski definition) is 4. The average Bonchev–Trinajstić information content (AvgIpc) is 2.46. The molecule has 1 amide bonds. The molecule has 1 aliphatic rings. The van der Waals surface area contributed by atoms with Crippen molar-refractivity contribution in [3.63, 3.8) is 0 Å². The van der Waals surface area contributed by atoms with Gasteiger partial charge in [-0.3, -0.25) is 4.79 Å². The highest BCUT2D eigenvalue weighted by molar-refractivity contribution is 5.97. The van der Waals surface area contributed by atoms with Crippen molar-refractivity contribution in [2.75, 3.05) is 18.5 Å². The number of benzene rings is 1. The fourth-order valence-electron chi connectivity index (χ4n) is 2.24. The largest absolute Gasteiger partial charge is 0.480 e. The summed E-state index contributed by atoms with van der Waals surface area (Å²) >= 11 is 0. The highest BCUT2D eigenvalue weighted by Gasteiger charge is 2.20. The number of amides is 1. The zero-order chi connectivity index (χ0) is 14.5. The number of aryl methyl sites for hydroxylation is 1. The van der Waals surface area contributed by atoms with E-state index in [9.17, 15) is 9.59 Å². The van der Waals surface area contributed by atoms with Crippen LogP contribution in [0, 0.1) is 0 Å². The molecule has 1 aliphatic heterocycles. The van der Waals surface area contributed by atoms with E-state index in [0.29, 0.717) is 5.56 Å². The Kier molecular flexibility index (Phi) is 4.57. The SMILES string of the molecule is O=C(N[C@H](CCO)C(=O)O)c1ccc2c(c1)CCCN2. The van der Waals surface area contributed by atoms with Crippen molar-refractivity contribution in [3.8, 4) is 0 Å². The Balaban J connectivity index is 2.10. The van der Waals surface area contributed by atoms with Gasteiger partial charge in [0.15, 0.2) is 0 Å². The van der Waals surface area contributed by atoms with Gasteiger partial charge in [-0.25, -0.2) is 4.79 Å². The van der Waals surface area contributed by atoms with Crippen LogP contribution in [0.3, 0.4) is 0 Å². The molecular weight excluding hydrogens is 260 g/mol. The van der Waals surface area contributed by atoms with Crippen LogP contribution >= 0.6 is 0 Å². The molecule has 4 N–H and O–H groups in total. The van der Waals surface area contributed by atoms with Gasteiger partial charge in [0, 0.05) is 30.8 Å². The van der Waals surface area contributed by atoms with Crippen LogP contribution in [0.15, 0.2) is 18.2 Å². The molecule has 2 rings (SSSR count). The molecule has 0 unspecified atom stereocenters. The predicted molar refractivity (Wildman–Crippen MR) is 73.8 cm³/mol. The van der Waals surface area contributed by atoms with E-state index in [2.05, 4.69) is 10.6 Å². The molecule has 1 atom stereocenters. The lowest BCUT2D eigenvalue weighted by atomic mass is 10.0. The molecular formula is C14H18N2O4. The summed E-state index contributed by atoms with van der Waals surface area (Å²) in [5.74, 6) is -1.58. The number of rotatable bonds is 5. The summed E-state index contributed by atoms with van der Waals surface area (Å²) in [6.45, 7) is 0.640. The van der Waals surface area contributed by atoms with E-state index >= 15 is 0 Å². The molecule has 0 spiro atoms. The maximum Gasteiger partial charge on any atom is 0.326 e. The predicted octanol–water partition coefficient (Wildman–Crippen LogP) is 0.610. The number of aliphatic carboxylic acids is 1. The van der Waals surface area contributed by atoms with Gasteiger partial charge in [0.25, 0.3) is 5.91 Å². The van der Waals surface area contributed by atoms with Gasteiger partial charge < -0.3 is 20.8 Å². The minimum absolute atomic E-state index is 0.00638. The van der Waals surface area contributed by atoms with Crippen molar-refractivity contribution < 1.29 is 19.8 Å². The van der Waals surface area contributed by atoms with Gasteiger partial charge >= 0.3 is 5.97 Å². The lowest BCUT2D eigenvalue weighted by Gasteiger charge is -2.19. The average molecular weight is 278 g/mol. The fraction of sp³-hybridized carbons (Fsp3) is 0.429. The maximum absolute atomic E-state index is 12.0. The Labute approximate surface area is 116 Å². The van der Waals surface area contributed by atoms with Crippen LogP contribution in [0.2, 0.25) is 0 Å². The zero-order valence-corrected chi connectivity index (χ0v) is 11.1. The number of carboxylic acid groups (broad SMARTS) is 1. The van der Waals surface area contributed by atoms with Gasteiger partial charge in [-0.2, -0.15) is 0 Å². The number of carbonyl (C=O) groups excluding carboxylic acids is 1. The number of hydrogen-bond donors (Lipinski definition) is 4.